The van der Waals surface area contributed by atoms with Gasteiger partial charge in [-0.25, -0.2) is 8.42 Å². The molecule has 0 bridgehead atoms. The lowest BCUT2D eigenvalue weighted by atomic mass is 9.87. The molecule has 44 heavy (non-hydrogen) atoms. The highest BCUT2D eigenvalue weighted by molar-refractivity contribution is 7.90. The summed E-state index contributed by atoms with van der Waals surface area (Å²) >= 11 is 0. The van der Waals surface area contributed by atoms with Crippen LogP contribution in [0, 0.1) is 5.92 Å². The zero-order valence-corrected chi connectivity index (χ0v) is 27.3. The van der Waals surface area contributed by atoms with Crippen molar-refractivity contribution in [2.75, 3.05) is 32.4 Å². The molecule has 0 unspecified atom stereocenters. The van der Waals surface area contributed by atoms with E-state index in [2.05, 4.69) is 36.2 Å². The summed E-state index contributed by atoms with van der Waals surface area (Å²) in [6.45, 7) is 9.50. The van der Waals surface area contributed by atoms with Gasteiger partial charge < -0.3 is 15.1 Å². The van der Waals surface area contributed by atoms with Crippen LogP contribution in [0.5, 0.6) is 0 Å². The number of carbonyl (C=O) groups is 2. The van der Waals surface area contributed by atoms with Gasteiger partial charge in [-0.3, -0.25) is 9.59 Å². The van der Waals surface area contributed by atoms with Crippen molar-refractivity contribution in [1.82, 2.24) is 15.1 Å². The summed E-state index contributed by atoms with van der Waals surface area (Å²) in [5.41, 5.74) is 2.97. The molecule has 0 aromatic heterocycles. The lowest BCUT2D eigenvalue weighted by Crippen LogP contribution is -2.48. The third-order valence-electron chi connectivity index (χ3n) is 8.73. The van der Waals surface area contributed by atoms with Gasteiger partial charge in [0.25, 0.3) is 0 Å². The van der Waals surface area contributed by atoms with Crippen molar-refractivity contribution in [3.8, 4) is 0 Å². The molecule has 2 atom stereocenters. The van der Waals surface area contributed by atoms with E-state index in [1.807, 2.05) is 60.4 Å². The van der Waals surface area contributed by atoms with Crippen LogP contribution in [-0.4, -0.2) is 68.5 Å². The van der Waals surface area contributed by atoms with E-state index >= 15 is 0 Å². The summed E-state index contributed by atoms with van der Waals surface area (Å²) in [5.74, 6) is 0.0853. The Labute approximate surface area is 263 Å². The van der Waals surface area contributed by atoms with E-state index in [1.54, 1.807) is 24.3 Å². The molecule has 0 spiro atoms. The average Bonchev–Trinajstić information content (AvgIpc) is 3.01. The van der Waals surface area contributed by atoms with Crippen LogP contribution in [0.4, 0.5) is 0 Å². The maximum Gasteiger partial charge on any atom is 0.228 e. The van der Waals surface area contributed by atoms with Gasteiger partial charge in [0.2, 0.25) is 11.8 Å². The third-order valence-corrected chi connectivity index (χ3v) is 9.85. The Morgan fingerprint density at radius 1 is 0.886 bits per heavy atom. The number of hydrogen-bond acceptors (Lipinski definition) is 5. The van der Waals surface area contributed by atoms with Crippen LogP contribution in [0.2, 0.25) is 0 Å². The fraction of sp³-hybridized carbons (Fsp3) is 0.444. The molecule has 0 saturated carbocycles. The van der Waals surface area contributed by atoms with Crippen molar-refractivity contribution in [2.24, 2.45) is 5.92 Å². The Bertz CT molecular complexity index is 1450. The van der Waals surface area contributed by atoms with Gasteiger partial charge in [-0.1, -0.05) is 86.6 Å². The smallest absolute Gasteiger partial charge is 0.228 e. The van der Waals surface area contributed by atoms with Gasteiger partial charge in [0.15, 0.2) is 9.84 Å². The van der Waals surface area contributed by atoms with Crippen LogP contribution in [0.3, 0.4) is 0 Å². The zero-order valence-electron chi connectivity index (χ0n) is 26.5. The van der Waals surface area contributed by atoms with E-state index in [-0.39, 0.29) is 47.1 Å². The number of benzene rings is 3. The second kappa shape index (κ2) is 15.5. The van der Waals surface area contributed by atoms with Crippen molar-refractivity contribution in [2.45, 2.75) is 69.4 Å². The molecule has 8 heteroatoms. The fourth-order valence-corrected chi connectivity index (χ4v) is 6.93. The standard InChI is InChI=1S/C36H47N3O4S/c1-5-39(34(40)26-28-16-18-32(19-17-28)44(4,42)43)31-20-23-38(24-21-31)25-22-33(29-12-8-6-9-13-29)37-36(41)35(27(2)3)30-14-10-7-11-15-30/h6-19,27,31,33,35H,5,20-26H2,1-4H3,(H,37,41)/t33-,35-/m0/s1. The van der Waals surface area contributed by atoms with Crippen molar-refractivity contribution < 1.29 is 18.0 Å². The minimum atomic E-state index is -3.26. The summed E-state index contributed by atoms with van der Waals surface area (Å²) in [4.78, 5) is 31.6. The van der Waals surface area contributed by atoms with Gasteiger partial charge in [-0.05, 0) is 60.9 Å². The van der Waals surface area contributed by atoms with Gasteiger partial charge in [-0.15, -0.1) is 0 Å². The highest BCUT2D eigenvalue weighted by atomic mass is 32.2. The lowest BCUT2D eigenvalue weighted by Gasteiger charge is -2.38. The van der Waals surface area contributed by atoms with Crippen LogP contribution >= 0.6 is 0 Å². The van der Waals surface area contributed by atoms with Crippen LogP contribution in [0.15, 0.2) is 89.8 Å². The third kappa shape index (κ3) is 9.02. The van der Waals surface area contributed by atoms with Crippen molar-refractivity contribution in [3.63, 3.8) is 0 Å². The highest BCUT2D eigenvalue weighted by Crippen LogP contribution is 2.27. The number of likely N-dealkylation sites (N-methyl/N-ethyl adjacent to an activating group) is 1. The van der Waals surface area contributed by atoms with Gasteiger partial charge in [-0.2, -0.15) is 0 Å². The van der Waals surface area contributed by atoms with E-state index in [4.69, 9.17) is 0 Å². The molecule has 3 aromatic carbocycles. The van der Waals surface area contributed by atoms with Crippen molar-refractivity contribution >= 4 is 21.7 Å². The summed E-state index contributed by atoms with van der Waals surface area (Å²) < 4.78 is 23.5. The van der Waals surface area contributed by atoms with E-state index < -0.39 is 9.84 Å². The molecule has 0 radical (unpaired) electrons. The Morgan fingerprint density at radius 3 is 1.98 bits per heavy atom. The number of carbonyl (C=O) groups excluding carboxylic acids is 2. The molecule has 236 valence electrons. The molecule has 1 aliphatic heterocycles. The molecule has 1 aliphatic rings. The van der Waals surface area contributed by atoms with E-state index in [1.165, 1.54) is 6.26 Å². The molecule has 1 N–H and O–H groups in total. The van der Waals surface area contributed by atoms with Crippen LogP contribution in [-0.2, 0) is 25.8 Å². The maximum absolute atomic E-state index is 13.6. The summed E-state index contributed by atoms with van der Waals surface area (Å²) in [7, 11) is -3.26. The van der Waals surface area contributed by atoms with Crippen molar-refractivity contribution in [1.29, 1.82) is 0 Å². The number of nitrogens with zero attached hydrogens (tertiary/aromatic N) is 2. The van der Waals surface area contributed by atoms with E-state index in [0.29, 0.717) is 6.54 Å². The minimum absolute atomic E-state index is 0.0572. The van der Waals surface area contributed by atoms with Crippen molar-refractivity contribution in [3.05, 3.63) is 102 Å². The molecule has 1 heterocycles. The minimum Gasteiger partial charge on any atom is -0.349 e. The molecular weight excluding hydrogens is 570 g/mol. The van der Waals surface area contributed by atoms with Gasteiger partial charge in [0.05, 0.1) is 23.3 Å². The number of sulfone groups is 1. The summed E-state index contributed by atoms with van der Waals surface area (Å²) in [6.07, 6.45) is 4.05. The Morgan fingerprint density at radius 2 is 1.45 bits per heavy atom. The zero-order chi connectivity index (χ0) is 31.7. The molecule has 4 rings (SSSR count). The maximum atomic E-state index is 13.6. The van der Waals surface area contributed by atoms with E-state index in [0.717, 1.165) is 55.6 Å². The predicted molar refractivity (Wildman–Crippen MR) is 176 cm³/mol. The molecule has 1 fully saturated rings. The molecule has 7 nitrogen and oxygen atoms in total. The summed E-state index contributed by atoms with van der Waals surface area (Å²) in [5, 5.41) is 3.39. The molecule has 3 aromatic rings. The largest absolute Gasteiger partial charge is 0.349 e. The number of amides is 2. The Kier molecular flexibility index (Phi) is 11.8. The van der Waals surface area contributed by atoms with Crippen LogP contribution < -0.4 is 5.32 Å². The first-order valence-electron chi connectivity index (χ1n) is 15.8. The Hall–Kier alpha value is -3.49. The van der Waals surface area contributed by atoms with Gasteiger partial charge >= 0.3 is 0 Å². The molecule has 2 amide bonds. The first kappa shape index (κ1) is 33.4. The average molecular weight is 618 g/mol. The number of hydrogen-bond donors (Lipinski definition) is 1. The molecule has 0 aliphatic carbocycles. The first-order valence-corrected chi connectivity index (χ1v) is 17.7. The molecular formula is C36H47N3O4S. The first-order chi connectivity index (χ1) is 21.1. The summed E-state index contributed by atoms with van der Waals surface area (Å²) in [6, 6.07) is 26.9. The predicted octanol–water partition coefficient (Wildman–Crippen LogP) is 5.63. The number of nitrogens with one attached hydrogen (secondary N) is 1. The van der Waals surface area contributed by atoms with Crippen LogP contribution in [0.1, 0.15) is 68.7 Å². The number of likely N-dealkylation sites (tertiary alicyclic amines) is 1. The fourth-order valence-electron chi connectivity index (χ4n) is 6.30. The van der Waals surface area contributed by atoms with E-state index in [9.17, 15) is 18.0 Å². The Balaban J connectivity index is 1.34. The topological polar surface area (TPSA) is 86.8 Å². The van der Waals surface area contributed by atoms with Gasteiger partial charge in [0, 0.05) is 38.5 Å². The number of piperidine rings is 1. The van der Waals surface area contributed by atoms with Gasteiger partial charge in [0.1, 0.15) is 0 Å². The quantitative estimate of drug-likeness (QED) is 0.269. The molecule has 1 saturated heterocycles. The van der Waals surface area contributed by atoms with Crippen LogP contribution in [0.25, 0.3) is 0 Å². The second-order valence-corrected chi connectivity index (χ2v) is 14.3. The SMILES string of the molecule is CCN(C(=O)Cc1ccc(S(C)(=O)=O)cc1)C1CCN(CC[C@H](NC(=O)[C@H](c2ccccc2)C(C)C)c2ccccc2)CC1. The normalized spacial score (nSPS) is 15.9. The highest BCUT2D eigenvalue weighted by Gasteiger charge is 2.29. The lowest BCUT2D eigenvalue weighted by molar-refractivity contribution is -0.133. The second-order valence-electron chi connectivity index (χ2n) is 12.2. The number of rotatable bonds is 13. The monoisotopic (exact) mass is 617 g/mol.